The van der Waals surface area contributed by atoms with Gasteiger partial charge in [0, 0.05) is 15.3 Å². The second-order valence-corrected chi connectivity index (χ2v) is 4.08. The first-order chi connectivity index (χ1) is 6.68. The topological polar surface area (TPSA) is 15.8 Å². The maximum Gasteiger partial charge on any atom is 0.184 e. The van der Waals surface area contributed by atoms with E-state index in [-0.39, 0.29) is 5.69 Å². The highest BCUT2D eigenvalue weighted by atomic mass is 127. The van der Waals surface area contributed by atoms with Crippen molar-refractivity contribution in [2.45, 2.75) is 0 Å². The maximum absolute atomic E-state index is 13.1. The summed E-state index contributed by atoms with van der Waals surface area (Å²) < 4.78 is 26.9. The van der Waals surface area contributed by atoms with Crippen molar-refractivity contribution >= 4 is 22.6 Å². The quantitative estimate of drug-likeness (QED) is 0.775. The van der Waals surface area contributed by atoms with E-state index in [2.05, 4.69) is 27.6 Å². The van der Waals surface area contributed by atoms with Crippen LogP contribution >= 0.6 is 22.6 Å². The second-order valence-electron chi connectivity index (χ2n) is 2.83. The van der Waals surface area contributed by atoms with Crippen molar-refractivity contribution in [3.05, 3.63) is 45.7 Å². The van der Waals surface area contributed by atoms with E-state index >= 15 is 0 Å². The van der Waals surface area contributed by atoms with Gasteiger partial charge in [0.1, 0.15) is 0 Å². The normalized spacial score (nSPS) is 10.5. The van der Waals surface area contributed by atoms with Gasteiger partial charge < -0.3 is 4.98 Å². The molecule has 0 amide bonds. The number of benzene rings is 1. The molecule has 72 valence electrons. The SMILES string of the molecule is Fc1c[nH]c(-c2ccc(I)cc2)c1F. The van der Waals surface area contributed by atoms with E-state index in [4.69, 9.17) is 0 Å². The molecule has 0 unspecified atom stereocenters. The zero-order valence-corrected chi connectivity index (χ0v) is 9.18. The standard InChI is InChI=1S/C10H6F2IN/c11-8-5-14-10(9(8)12)6-1-3-7(13)4-2-6/h1-5,14H. The monoisotopic (exact) mass is 305 g/mol. The van der Waals surface area contributed by atoms with Crippen LogP contribution in [0, 0.1) is 15.2 Å². The van der Waals surface area contributed by atoms with Crippen molar-refractivity contribution in [2.24, 2.45) is 0 Å². The van der Waals surface area contributed by atoms with Gasteiger partial charge >= 0.3 is 0 Å². The summed E-state index contributed by atoms with van der Waals surface area (Å²) in [5.41, 5.74) is 0.839. The Bertz CT molecular complexity index is 448. The van der Waals surface area contributed by atoms with Crippen molar-refractivity contribution in [2.75, 3.05) is 0 Å². The molecule has 0 saturated heterocycles. The molecular weight excluding hydrogens is 299 g/mol. The first kappa shape index (κ1) is 9.64. The summed E-state index contributed by atoms with van der Waals surface area (Å²) in [6.45, 7) is 0. The molecule has 0 atom stereocenters. The van der Waals surface area contributed by atoms with E-state index in [0.717, 1.165) is 9.77 Å². The second kappa shape index (κ2) is 3.68. The molecule has 1 aromatic heterocycles. The Morgan fingerprint density at radius 1 is 1.07 bits per heavy atom. The smallest absolute Gasteiger partial charge is 0.184 e. The summed E-state index contributed by atoms with van der Waals surface area (Å²) in [4.78, 5) is 2.56. The largest absolute Gasteiger partial charge is 0.356 e. The zero-order chi connectivity index (χ0) is 10.1. The summed E-state index contributed by atoms with van der Waals surface area (Å²) in [6.07, 6.45) is 1.02. The molecule has 1 nitrogen and oxygen atoms in total. The lowest BCUT2D eigenvalue weighted by atomic mass is 10.1. The number of aromatic nitrogens is 1. The lowest BCUT2D eigenvalue weighted by molar-refractivity contribution is 0.518. The average molecular weight is 305 g/mol. The number of hydrogen-bond donors (Lipinski definition) is 1. The third-order valence-electron chi connectivity index (χ3n) is 1.91. The third-order valence-corrected chi connectivity index (χ3v) is 2.62. The Hall–Kier alpha value is -0.910. The molecular formula is C10H6F2IN. The van der Waals surface area contributed by atoms with Gasteiger partial charge in [-0.2, -0.15) is 0 Å². The van der Waals surface area contributed by atoms with Gasteiger partial charge in [-0.15, -0.1) is 0 Å². The minimum absolute atomic E-state index is 0.193. The maximum atomic E-state index is 13.1. The predicted octanol–water partition coefficient (Wildman–Crippen LogP) is 3.56. The highest BCUT2D eigenvalue weighted by molar-refractivity contribution is 14.1. The van der Waals surface area contributed by atoms with E-state index in [0.29, 0.717) is 5.56 Å². The fraction of sp³-hybridized carbons (Fsp3) is 0. The molecule has 0 aliphatic rings. The van der Waals surface area contributed by atoms with Crippen LogP contribution in [0.15, 0.2) is 30.5 Å². The summed E-state index contributed by atoms with van der Waals surface area (Å²) >= 11 is 2.15. The van der Waals surface area contributed by atoms with Gasteiger partial charge in [-0.05, 0) is 34.7 Å². The van der Waals surface area contributed by atoms with Crippen LogP contribution in [0.5, 0.6) is 0 Å². The van der Waals surface area contributed by atoms with Gasteiger partial charge in [0.2, 0.25) is 0 Å². The van der Waals surface area contributed by atoms with Crippen LogP contribution in [-0.2, 0) is 0 Å². The molecule has 2 aromatic rings. The lowest BCUT2D eigenvalue weighted by Crippen LogP contribution is -1.82. The van der Waals surface area contributed by atoms with Crippen molar-refractivity contribution in [1.29, 1.82) is 0 Å². The molecule has 0 saturated carbocycles. The van der Waals surface area contributed by atoms with Crippen LogP contribution in [0.2, 0.25) is 0 Å². The first-order valence-electron chi connectivity index (χ1n) is 3.97. The van der Waals surface area contributed by atoms with Crippen LogP contribution in [0.3, 0.4) is 0 Å². The summed E-state index contributed by atoms with van der Waals surface area (Å²) in [5.74, 6) is -1.68. The number of rotatable bonds is 1. The van der Waals surface area contributed by atoms with Crippen molar-refractivity contribution < 1.29 is 8.78 Å². The van der Waals surface area contributed by atoms with Gasteiger partial charge in [0.15, 0.2) is 11.6 Å². The third kappa shape index (κ3) is 1.66. The highest BCUT2D eigenvalue weighted by Gasteiger charge is 2.11. The molecule has 0 spiro atoms. The predicted molar refractivity (Wildman–Crippen MR) is 58.9 cm³/mol. The van der Waals surface area contributed by atoms with Crippen LogP contribution in [0.25, 0.3) is 11.3 Å². The molecule has 0 bridgehead atoms. The molecule has 0 fully saturated rings. The number of hydrogen-bond acceptors (Lipinski definition) is 0. The van der Waals surface area contributed by atoms with Crippen LogP contribution in [-0.4, -0.2) is 4.98 Å². The van der Waals surface area contributed by atoms with Crippen molar-refractivity contribution in [1.82, 2.24) is 4.98 Å². The minimum Gasteiger partial charge on any atom is -0.356 e. The van der Waals surface area contributed by atoms with E-state index in [9.17, 15) is 8.78 Å². The molecule has 1 N–H and O–H groups in total. The van der Waals surface area contributed by atoms with Gasteiger partial charge in [-0.1, -0.05) is 12.1 Å². The summed E-state index contributed by atoms with van der Waals surface area (Å²) in [7, 11) is 0. The fourth-order valence-electron chi connectivity index (χ4n) is 1.21. The number of H-pyrrole nitrogens is 1. The van der Waals surface area contributed by atoms with E-state index in [1.165, 1.54) is 0 Å². The van der Waals surface area contributed by atoms with E-state index < -0.39 is 11.6 Å². The number of halogens is 3. The zero-order valence-electron chi connectivity index (χ0n) is 7.02. The van der Waals surface area contributed by atoms with Gasteiger partial charge in [-0.25, -0.2) is 8.78 Å². The summed E-state index contributed by atoms with van der Waals surface area (Å²) in [5, 5.41) is 0. The lowest BCUT2D eigenvalue weighted by Gasteiger charge is -1.98. The molecule has 0 aliphatic heterocycles. The molecule has 14 heavy (non-hydrogen) atoms. The molecule has 1 aromatic carbocycles. The molecule has 0 radical (unpaired) electrons. The van der Waals surface area contributed by atoms with Crippen LogP contribution in [0.1, 0.15) is 0 Å². The Kier molecular flexibility index (Phi) is 2.54. The molecule has 0 aliphatic carbocycles. The summed E-state index contributed by atoms with van der Waals surface area (Å²) in [6, 6.07) is 7.18. The van der Waals surface area contributed by atoms with Gasteiger partial charge in [0.05, 0.1) is 5.69 Å². The van der Waals surface area contributed by atoms with Crippen molar-refractivity contribution in [3.8, 4) is 11.3 Å². The van der Waals surface area contributed by atoms with Gasteiger partial charge in [0.25, 0.3) is 0 Å². The first-order valence-corrected chi connectivity index (χ1v) is 5.04. The Morgan fingerprint density at radius 3 is 2.21 bits per heavy atom. The Labute approximate surface area is 93.3 Å². The number of nitrogens with one attached hydrogen (secondary N) is 1. The van der Waals surface area contributed by atoms with Crippen molar-refractivity contribution in [3.63, 3.8) is 0 Å². The molecule has 4 heteroatoms. The van der Waals surface area contributed by atoms with Crippen LogP contribution < -0.4 is 0 Å². The van der Waals surface area contributed by atoms with E-state index in [1.807, 2.05) is 12.1 Å². The van der Waals surface area contributed by atoms with E-state index in [1.54, 1.807) is 12.1 Å². The number of aromatic amines is 1. The average Bonchev–Trinajstić information content (AvgIpc) is 2.50. The highest BCUT2D eigenvalue weighted by Crippen LogP contribution is 2.23. The Morgan fingerprint density at radius 2 is 1.71 bits per heavy atom. The van der Waals surface area contributed by atoms with Gasteiger partial charge in [-0.3, -0.25) is 0 Å². The van der Waals surface area contributed by atoms with Crippen LogP contribution in [0.4, 0.5) is 8.78 Å². The minimum atomic E-state index is -0.849. The molecule has 2 rings (SSSR count). The fourth-order valence-corrected chi connectivity index (χ4v) is 1.57. The molecule has 1 heterocycles. The Balaban J connectivity index is 2.49.